The van der Waals surface area contributed by atoms with Gasteiger partial charge in [-0.15, -0.1) is 0 Å². The van der Waals surface area contributed by atoms with Gasteiger partial charge >= 0.3 is 0 Å². The number of hydrogen-bond donors (Lipinski definition) is 1. The lowest BCUT2D eigenvalue weighted by Crippen LogP contribution is -2.45. The number of aromatic nitrogens is 2. The summed E-state index contributed by atoms with van der Waals surface area (Å²) in [7, 11) is 1.82. The lowest BCUT2D eigenvalue weighted by Gasteiger charge is -2.23. The summed E-state index contributed by atoms with van der Waals surface area (Å²) >= 11 is 1.71. The number of halogens is 3. The van der Waals surface area contributed by atoms with Crippen molar-refractivity contribution in [3.05, 3.63) is 42.2 Å². The predicted octanol–water partition coefficient (Wildman–Crippen LogP) is 3.07. The molecule has 0 spiro atoms. The zero-order valence-corrected chi connectivity index (χ0v) is 17.7. The van der Waals surface area contributed by atoms with Crippen LogP contribution in [-0.4, -0.2) is 58.4 Å². The molecule has 1 amide bonds. The summed E-state index contributed by atoms with van der Waals surface area (Å²) in [5.41, 5.74) is 2.45. The first-order valence-electron chi connectivity index (χ1n) is 9.05. The minimum Gasteiger partial charge on any atom is -0.345 e. The van der Waals surface area contributed by atoms with Crippen LogP contribution in [0.25, 0.3) is 11.1 Å². The van der Waals surface area contributed by atoms with Gasteiger partial charge < -0.3 is 5.32 Å². The standard InChI is InChI=1S/C19H22F2IN5O/c1-26-11-16(10-24-26)14-5-4-6-15(9-14)17(25-22)18(28)23-12-19(20,21)13-27-7-2-3-8-27/h4-6,9-11H,2-3,7-8,12-13H2,1H3,(H,23,28)/b25-17+. The lowest BCUT2D eigenvalue weighted by atomic mass is 10.0. The Hall–Kier alpha value is -1.88. The average molecular weight is 501 g/mol. The third-order valence-electron chi connectivity index (χ3n) is 4.64. The van der Waals surface area contributed by atoms with E-state index in [1.54, 1.807) is 56.8 Å². The van der Waals surface area contributed by atoms with Crippen LogP contribution in [0.2, 0.25) is 0 Å². The number of hydrogen-bond acceptors (Lipinski definition) is 4. The molecule has 0 saturated carbocycles. The Kier molecular flexibility index (Phi) is 6.76. The molecule has 1 aliphatic rings. The van der Waals surface area contributed by atoms with Crippen molar-refractivity contribution in [1.29, 1.82) is 0 Å². The van der Waals surface area contributed by atoms with Gasteiger partial charge in [0.25, 0.3) is 11.8 Å². The first kappa shape index (κ1) is 20.8. The maximum Gasteiger partial charge on any atom is 0.277 e. The first-order valence-corrected chi connectivity index (χ1v) is 10.0. The molecular formula is C19H22F2IN5O. The van der Waals surface area contributed by atoms with Crippen LogP contribution in [0, 0.1) is 0 Å². The maximum atomic E-state index is 14.2. The van der Waals surface area contributed by atoms with Crippen LogP contribution in [-0.2, 0) is 11.8 Å². The molecule has 0 aliphatic carbocycles. The number of carbonyl (C=O) groups excluding carboxylic acids is 1. The Morgan fingerprint density at radius 3 is 2.71 bits per heavy atom. The Bertz CT molecular complexity index is 862. The molecule has 150 valence electrons. The molecular weight excluding hydrogens is 479 g/mol. The SMILES string of the molecule is Cn1cc(-c2cccc(/C(=N\I)C(=O)NCC(F)(F)CN3CCCC3)c2)cn1. The Balaban J connectivity index is 1.66. The van der Waals surface area contributed by atoms with E-state index in [1.165, 1.54) is 0 Å². The second-order valence-corrected chi connectivity index (χ2v) is 7.42. The van der Waals surface area contributed by atoms with Crippen LogP contribution in [0.4, 0.5) is 8.78 Å². The van der Waals surface area contributed by atoms with Crippen LogP contribution >= 0.6 is 22.9 Å². The van der Waals surface area contributed by atoms with E-state index < -0.39 is 18.4 Å². The van der Waals surface area contributed by atoms with Crippen LogP contribution in [0.3, 0.4) is 0 Å². The molecule has 0 unspecified atom stereocenters. The molecule has 28 heavy (non-hydrogen) atoms. The normalized spacial score (nSPS) is 15.8. The number of aryl methyl sites for hydroxylation is 1. The molecule has 0 bridgehead atoms. The molecule has 3 rings (SSSR count). The zero-order chi connectivity index (χ0) is 20.1. The Morgan fingerprint density at radius 1 is 1.32 bits per heavy atom. The molecule has 9 heteroatoms. The monoisotopic (exact) mass is 501 g/mol. The van der Waals surface area contributed by atoms with Crippen molar-refractivity contribution < 1.29 is 13.6 Å². The van der Waals surface area contributed by atoms with E-state index in [0.717, 1.165) is 24.0 Å². The van der Waals surface area contributed by atoms with Gasteiger partial charge in [0.2, 0.25) is 0 Å². The van der Waals surface area contributed by atoms with Crippen molar-refractivity contribution in [2.24, 2.45) is 10.3 Å². The molecule has 1 aromatic heterocycles. The van der Waals surface area contributed by atoms with Gasteiger partial charge in [-0.05, 0) is 37.6 Å². The zero-order valence-electron chi connectivity index (χ0n) is 15.5. The van der Waals surface area contributed by atoms with E-state index in [4.69, 9.17) is 0 Å². The molecule has 0 radical (unpaired) electrons. The van der Waals surface area contributed by atoms with Crippen molar-refractivity contribution in [2.45, 2.75) is 18.8 Å². The number of likely N-dealkylation sites (tertiary alicyclic amines) is 1. The molecule has 1 fully saturated rings. The molecule has 6 nitrogen and oxygen atoms in total. The summed E-state index contributed by atoms with van der Waals surface area (Å²) in [5.74, 6) is -3.59. The largest absolute Gasteiger partial charge is 0.345 e. The van der Waals surface area contributed by atoms with Gasteiger partial charge in [0.1, 0.15) is 5.71 Å². The van der Waals surface area contributed by atoms with Crippen LogP contribution in [0.5, 0.6) is 0 Å². The fourth-order valence-corrected chi connectivity index (χ4v) is 3.75. The highest BCUT2D eigenvalue weighted by atomic mass is 127. The lowest BCUT2D eigenvalue weighted by molar-refractivity contribution is -0.117. The van der Waals surface area contributed by atoms with Gasteiger partial charge in [-0.1, -0.05) is 18.2 Å². The van der Waals surface area contributed by atoms with Crippen molar-refractivity contribution >= 4 is 34.5 Å². The summed E-state index contributed by atoms with van der Waals surface area (Å²) in [5, 5.41) is 6.48. The van der Waals surface area contributed by atoms with Crippen molar-refractivity contribution in [3.63, 3.8) is 0 Å². The quantitative estimate of drug-likeness (QED) is 0.469. The van der Waals surface area contributed by atoms with Crippen molar-refractivity contribution in [2.75, 3.05) is 26.2 Å². The second-order valence-electron chi connectivity index (χ2n) is 6.94. The highest BCUT2D eigenvalue weighted by Gasteiger charge is 2.33. The molecule has 1 saturated heterocycles. The topological polar surface area (TPSA) is 62.5 Å². The maximum absolute atomic E-state index is 14.2. The molecule has 1 aromatic carbocycles. The molecule has 2 heterocycles. The number of nitrogens with one attached hydrogen (secondary N) is 1. The van der Waals surface area contributed by atoms with E-state index in [2.05, 4.69) is 13.6 Å². The third-order valence-corrected chi connectivity index (χ3v) is 5.12. The van der Waals surface area contributed by atoms with Crippen LogP contribution in [0.1, 0.15) is 18.4 Å². The third kappa shape index (κ3) is 5.34. The van der Waals surface area contributed by atoms with Gasteiger partial charge in [0.15, 0.2) is 0 Å². The van der Waals surface area contributed by atoms with Crippen LogP contribution < -0.4 is 5.32 Å². The second kappa shape index (κ2) is 9.08. The summed E-state index contributed by atoms with van der Waals surface area (Å²) < 4.78 is 34.1. The van der Waals surface area contributed by atoms with Gasteiger partial charge in [0.05, 0.1) is 42.2 Å². The fraction of sp³-hybridized carbons (Fsp3) is 0.421. The molecule has 0 atom stereocenters. The summed E-state index contributed by atoms with van der Waals surface area (Å²) in [4.78, 5) is 14.2. The molecule has 1 N–H and O–H groups in total. The number of benzene rings is 1. The number of amides is 1. The van der Waals surface area contributed by atoms with E-state index in [1.807, 2.05) is 19.3 Å². The summed E-state index contributed by atoms with van der Waals surface area (Å²) in [6.07, 6.45) is 5.47. The number of carbonyl (C=O) groups is 1. The van der Waals surface area contributed by atoms with E-state index >= 15 is 0 Å². The average Bonchev–Trinajstić information content (AvgIpc) is 3.32. The first-order chi connectivity index (χ1) is 13.4. The highest BCUT2D eigenvalue weighted by molar-refractivity contribution is 14.1. The molecule has 1 aliphatic heterocycles. The van der Waals surface area contributed by atoms with E-state index in [0.29, 0.717) is 18.7 Å². The van der Waals surface area contributed by atoms with E-state index in [-0.39, 0.29) is 12.3 Å². The van der Waals surface area contributed by atoms with Crippen molar-refractivity contribution in [1.82, 2.24) is 20.0 Å². The smallest absolute Gasteiger partial charge is 0.277 e. The van der Waals surface area contributed by atoms with Gasteiger partial charge in [0, 0.05) is 24.4 Å². The van der Waals surface area contributed by atoms with Gasteiger partial charge in [-0.2, -0.15) is 5.10 Å². The minimum atomic E-state index is -2.98. The fourth-order valence-electron chi connectivity index (χ4n) is 3.25. The Morgan fingerprint density at radius 2 is 2.07 bits per heavy atom. The highest BCUT2D eigenvalue weighted by Crippen LogP contribution is 2.21. The van der Waals surface area contributed by atoms with Gasteiger partial charge in [-0.25, -0.2) is 12.0 Å². The van der Waals surface area contributed by atoms with Crippen molar-refractivity contribution in [3.8, 4) is 11.1 Å². The predicted molar refractivity (Wildman–Crippen MR) is 113 cm³/mol. The minimum absolute atomic E-state index is 0.114. The number of nitrogens with zero attached hydrogens (tertiary/aromatic N) is 4. The number of alkyl halides is 2. The number of rotatable bonds is 7. The van der Waals surface area contributed by atoms with Crippen LogP contribution in [0.15, 0.2) is 39.9 Å². The molecule has 2 aromatic rings. The Labute approximate surface area is 176 Å². The summed E-state index contributed by atoms with van der Waals surface area (Å²) in [6.45, 7) is 0.330. The van der Waals surface area contributed by atoms with Gasteiger partial charge in [-0.3, -0.25) is 14.4 Å². The van der Waals surface area contributed by atoms with E-state index in [9.17, 15) is 13.6 Å². The summed E-state index contributed by atoms with van der Waals surface area (Å²) in [6, 6.07) is 7.23.